The highest BCUT2D eigenvalue weighted by molar-refractivity contribution is 6.00. The molecule has 45 heavy (non-hydrogen) atoms. The van der Waals surface area contributed by atoms with Gasteiger partial charge >= 0.3 is 5.97 Å². The van der Waals surface area contributed by atoms with Crippen molar-refractivity contribution in [1.29, 1.82) is 0 Å². The molecule has 1 aromatic carbocycles. The fourth-order valence-corrected chi connectivity index (χ4v) is 7.35. The summed E-state index contributed by atoms with van der Waals surface area (Å²) in [6.07, 6.45) is 10.5. The SMILES string of the molecule is CCCCCN1CC=C[C@]23O[C@@H]4/C=C\CCC(=O)OC[C@@H](c5ccccc5)NC(=O)[C@@H]4[C@H]2C(=O)N([C@@H](CO)[C@@H](C)CC)[C@@H]3C1=O. The predicted molar refractivity (Wildman–Crippen MR) is 167 cm³/mol. The van der Waals surface area contributed by atoms with Crippen molar-refractivity contribution in [3.63, 3.8) is 0 Å². The molecule has 1 aromatic rings. The minimum Gasteiger partial charge on any atom is -0.463 e. The van der Waals surface area contributed by atoms with Crippen LogP contribution in [0.5, 0.6) is 0 Å². The molecule has 1 spiro atoms. The van der Waals surface area contributed by atoms with Crippen molar-refractivity contribution in [2.24, 2.45) is 17.8 Å². The second kappa shape index (κ2) is 14.3. The summed E-state index contributed by atoms with van der Waals surface area (Å²) < 4.78 is 12.3. The van der Waals surface area contributed by atoms with E-state index in [0.717, 1.165) is 24.8 Å². The summed E-state index contributed by atoms with van der Waals surface area (Å²) in [7, 11) is 0. The molecule has 8 atom stereocenters. The first-order valence-electron chi connectivity index (χ1n) is 16.5. The smallest absolute Gasteiger partial charge is 0.306 e. The average molecular weight is 622 g/mol. The topological polar surface area (TPSA) is 125 Å². The standard InChI is InChI=1S/C35H47N3O7/c1-4-6-12-19-37-20-13-18-35-30(33(42)38(31(35)34(37)43)26(21-39)23(3)5-2)29-27(45-35)16-10-11-17-28(40)44-22-25(36-32(29)41)24-14-8-7-9-15-24/h7-10,13-16,18,23,25-27,29-31,39H,4-6,11-12,17,19-22H2,1-3H3,(H,36,41)/b16-10-/t23-,25-,26-,27+,29-,30-,31+,35-/m0/s1. The van der Waals surface area contributed by atoms with E-state index in [1.165, 1.54) is 0 Å². The molecule has 0 radical (unpaired) electrons. The molecule has 4 heterocycles. The maximum atomic E-state index is 14.7. The number of carbonyl (C=O) groups is 4. The van der Waals surface area contributed by atoms with Crippen LogP contribution in [0, 0.1) is 17.8 Å². The van der Waals surface area contributed by atoms with E-state index in [1.54, 1.807) is 22.0 Å². The van der Waals surface area contributed by atoms with Crippen LogP contribution < -0.4 is 5.32 Å². The van der Waals surface area contributed by atoms with Gasteiger partial charge in [0.2, 0.25) is 17.7 Å². The number of hydrogen-bond donors (Lipinski definition) is 2. The van der Waals surface area contributed by atoms with Crippen LogP contribution in [-0.2, 0) is 28.7 Å². The average Bonchev–Trinajstić information content (AvgIpc) is 3.43. The molecule has 10 nitrogen and oxygen atoms in total. The van der Waals surface area contributed by atoms with E-state index in [9.17, 15) is 24.3 Å². The number of allylic oxidation sites excluding steroid dienone is 1. The Kier molecular flexibility index (Phi) is 10.4. The highest BCUT2D eigenvalue weighted by Crippen LogP contribution is 2.54. The van der Waals surface area contributed by atoms with Crippen molar-refractivity contribution < 1.29 is 33.8 Å². The van der Waals surface area contributed by atoms with Gasteiger partial charge in [-0.1, -0.05) is 94.7 Å². The van der Waals surface area contributed by atoms with E-state index in [-0.39, 0.29) is 43.3 Å². The number of esters is 1. The van der Waals surface area contributed by atoms with Gasteiger partial charge in [-0.2, -0.15) is 0 Å². The Morgan fingerprint density at radius 1 is 1.07 bits per heavy atom. The van der Waals surface area contributed by atoms with Crippen LogP contribution >= 0.6 is 0 Å². The lowest BCUT2D eigenvalue weighted by Crippen LogP contribution is -2.59. The minimum absolute atomic E-state index is 0.0548. The summed E-state index contributed by atoms with van der Waals surface area (Å²) >= 11 is 0. The van der Waals surface area contributed by atoms with E-state index >= 15 is 0 Å². The molecule has 0 aliphatic carbocycles. The van der Waals surface area contributed by atoms with E-state index < -0.39 is 47.6 Å². The summed E-state index contributed by atoms with van der Waals surface area (Å²) in [5, 5.41) is 13.7. The Hall–Kier alpha value is -3.50. The number of likely N-dealkylation sites (tertiary alicyclic amines) is 1. The van der Waals surface area contributed by atoms with Crippen LogP contribution in [0.4, 0.5) is 0 Å². The fraction of sp³-hybridized carbons (Fsp3) is 0.600. The van der Waals surface area contributed by atoms with Crippen molar-refractivity contribution in [3.05, 3.63) is 60.2 Å². The van der Waals surface area contributed by atoms with Crippen LogP contribution in [0.3, 0.4) is 0 Å². The number of nitrogens with one attached hydrogen (secondary N) is 1. The van der Waals surface area contributed by atoms with Gasteiger partial charge in [0.25, 0.3) is 0 Å². The molecule has 4 aliphatic rings. The predicted octanol–water partition coefficient (Wildman–Crippen LogP) is 3.31. The number of amides is 3. The third-order valence-corrected chi connectivity index (χ3v) is 9.96. The van der Waals surface area contributed by atoms with Crippen molar-refractivity contribution in [1.82, 2.24) is 15.1 Å². The van der Waals surface area contributed by atoms with Gasteiger partial charge in [-0.15, -0.1) is 0 Å². The number of hydrogen-bond acceptors (Lipinski definition) is 7. The van der Waals surface area contributed by atoms with Crippen LogP contribution in [0.2, 0.25) is 0 Å². The van der Waals surface area contributed by atoms with Gasteiger partial charge in [-0.05, 0) is 24.3 Å². The summed E-state index contributed by atoms with van der Waals surface area (Å²) in [5.41, 5.74) is -0.640. The number of ether oxygens (including phenoxy) is 2. The Labute approximate surface area is 265 Å². The third-order valence-electron chi connectivity index (χ3n) is 9.96. The molecule has 244 valence electrons. The lowest BCUT2D eigenvalue weighted by Gasteiger charge is -2.40. The first-order chi connectivity index (χ1) is 21.8. The number of fused-ring (bicyclic) bond motifs is 2. The van der Waals surface area contributed by atoms with Gasteiger partial charge in [0.15, 0.2) is 0 Å². The quantitative estimate of drug-likeness (QED) is 0.246. The van der Waals surface area contributed by atoms with Gasteiger partial charge in [0.1, 0.15) is 18.2 Å². The monoisotopic (exact) mass is 621 g/mol. The second-order valence-corrected chi connectivity index (χ2v) is 12.7. The molecule has 0 bridgehead atoms. The Morgan fingerprint density at radius 2 is 1.84 bits per heavy atom. The first kappa shape index (κ1) is 32.9. The Bertz CT molecular complexity index is 1300. The Morgan fingerprint density at radius 3 is 2.56 bits per heavy atom. The molecule has 0 aromatic heterocycles. The van der Waals surface area contributed by atoms with Crippen molar-refractivity contribution in [3.8, 4) is 0 Å². The van der Waals surface area contributed by atoms with Crippen molar-refractivity contribution >= 4 is 23.7 Å². The number of aliphatic hydroxyl groups excluding tert-OH is 1. The summed E-state index contributed by atoms with van der Waals surface area (Å²) in [6.45, 7) is 6.61. The van der Waals surface area contributed by atoms with Crippen LogP contribution in [-0.4, -0.2) is 88.7 Å². The van der Waals surface area contributed by atoms with Crippen LogP contribution in [0.15, 0.2) is 54.6 Å². The molecule has 2 saturated heterocycles. The van der Waals surface area contributed by atoms with E-state index in [4.69, 9.17) is 9.47 Å². The molecular weight excluding hydrogens is 574 g/mol. The lowest BCUT2D eigenvalue weighted by molar-refractivity contribution is -0.152. The number of benzene rings is 1. The number of nitrogens with zero attached hydrogens (tertiary/aromatic N) is 2. The zero-order valence-corrected chi connectivity index (χ0v) is 26.6. The zero-order chi connectivity index (χ0) is 32.1. The molecule has 4 aliphatic heterocycles. The molecule has 3 amide bonds. The lowest BCUT2D eigenvalue weighted by atomic mass is 9.77. The molecule has 5 rings (SSSR count). The van der Waals surface area contributed by atoms with E-state index in [2.05, 4.69) is 12.2 Å². The van der Waals surface area contributed by atoms with Gasteiger partial charge < -0.3 is 29.7 Å². The number of aliphatic hydroxyl groups is 1. The van der Waals surface area contributed by atoms with Crippen LogP contribution in [0.1, 0.15) is 70.9 Å². The maximum absolute atomic E-state index is 14.7. The van der Waals surface area contributed by atoms with E-state index in [1.807, 2.05) is 56.3 Å². The number of rotatable bonds is 9. The van der Waals surface area contributed by atoms with E-state index in [0.29, 0.717) is 25.9 Å². The first-order valence-corrected chi connectivity index (χ1v) is 16.5. The molecule has 0 saturated carbocycles. The van der Waals surface area contributed by atoms with Gasteiger partial charge in [-0.25, -0.2) is 0 Å². The van der Waals surface area contributed by atoms with Crippen LogP contribution in [0.25, 0.3) is 0 Å². The summed E-state index contributed by atoms with van der Waals surface area (Å²) in [4.78, 5) is 59.4. The second-order valence-electron chi connectivity index (χ2n) is 12.7. The highest BCUT2D eigenvalue weighted by Gasteiger charge is 2.72. The van der Waals surface area contributed by atoms with Gasteiger partial charge in [0.05, 0.1) is 36.6 Å². The Balaban J connectivity index is 1.59. The third kappa shape index (κ3) is 6.31. The summed E-state index contributed by atoms with van der Waals surface area (Å²) in [5.74, 6) is -3.42. The number of unbranched alkanes of at least 4 members (excludes halogenated alkanes) is 2. The number of carbonyl (C=O) groups excluding carboxylic acids is 4. The molecule has 2 fully saturated rings. The highest BCUT2D eigenvalue weighted by atomic mass is 16.5. The van der Waals surface area contributed by atoms with Gasteiger partial charge in [-0.3, -0.25) is 19.2 Å². The van der Waals surface area contributed by atoms with Crippen molar-refractivity contribution in [2.45, 2.75) is 89.1 Å². The molecule has 2 N–H and O–H groups in total. The van der Waals surface area contributed by atoms with Crippen molar-refractivity contribution in [2.75, 3.05) is 26.3 Å². The molecular formula is C35H47N3O7. The molecule has 10 heteroatoms. The molecule has 0 unspecified atom stereocenters. The fourth-order valence-electron chi connectivity index (χ4n) is 7.35. The zero-order valence-electron chi connectivity index (χ0n) is 26.6. The number of cyclic esters (lactones) is 1. The largest absolute Gasteiger partial charge is 0.463 e. The summed E-state index contributed by atoms with van der Waals surface area (Å²) in [6, 6.07) is 6.98. The minimum atomic E-state index is -1.40. The normalized spacial score (nSPS) is 32.3. The van der Waals surface area contributed by atoms with Gasteiger partial charge in [0, 0.05) is 19.5 Å². The maximum Gasteiger partial charge on any atom is 0.306 e.